The number of hydrogen-bond acceptors (Lipinski definition) is 3. The monoisotopic (exact) mass is 396 g/mol. The van der Waals surface area contributed by atoms with Gasteiger partial charge >= 0.3 is 24.1 Å². The van der Waals surface area contributed by atoms with Gasteiger partial charge in [-0.3, -0.25) is 0 Å². The molecule has 0 aromatic heterocycles. The first kappa shape index (κ1) is 21.9. The molecule has 0 heterocycles. The van der Waals surface area contributed by atoms with Crippen molar-refractivity contribution in [3.05, 3.63) is 24.3 Å². The minimum absolute atomic E-state index is 0.0858. The zero-order valence-electron chi connectivity index (χ0n) is 13.3. The summed E-state index contributed by atoms with van der Waals surface area (Å²) in [6.07, 6.45) is -20.2. The Hall–Kier alpha value is -2.14. The van der Waals surface area contributed by atoms with Gasteiger partial charge in [-0.2, -0.15) is 39.5 Å². The van der Waals surface area contributed by atoms with Crippen LogP contribution in [0.5, 0.6) is 0 Å². The summed E-state index contributed by atoms with van der Waals surface area (Å²) in [5.74, 6) is -0.154. The topological polar surface area (TPSA) is 33.6 Å². The predicted octanol–water partition coefficient (Wildman–Crippen LogP) is 5.61. The summed E-state index contributed by atoms with van der Waals surface area (Å²) in [5, 5.41) is 0.591. The van der Waals surface area contributed by atoms with Crippen LogP contribution in [0.3, 0.4) is 0 Å². The van der Waals surface area contributed by atoms with Crippen LogP contribution in [0.2, 0.25) is 0 Å². The first-order valence-corrected chi connectivity index (χ1v) is 6.93. The molecule has 0 aliphatic rings. The lowest BCUT2D eigenvalue weighted by atomic mass is 9.96. The molecule has 0 atom stereocenters. The van der Waals surface area contributed by atoms with Crippen molar-refractivity contribution in [3.8, 4) is 0 Å². The molecule has 0 bridgehead atoms. The van der Waals surface area contributed by atoms with Crippen molar-refractivity contribution in [2.24, 2.45) is 4.99 Å². The molecular formula is C14H13F9N2O. The maximum absolute atomic E-state index is 13.0. The number of ether oxygens (including phenoxy) is 1. The molecule has 0 fully saturated rings. The predicted molar refractivity (Wildman–Crippen MR) is 75.4 cm³/mol. The van der Waals surface area contributed by atoms with Crippen LogP contribution >= 0.6 is 0 Å². The zero-order valence-corrected chi connectivity index (χ0v) is 13.3. The zero-order chi connectivity index (χ0) is 20.4. The lowest BCUT2D eigenvalue weighted by Gasteiger charge is -2.39. The van der Waals surface area contributed by atoms with Crippen LogP contribution in [-0.2, 0) is 4.74 Å². The van der Waals surface area contributed by atoms with Crippen molar-refractivity contribution in [2.75, 3.05) is 11.9 Å². The van der Waals surface area contributed by atoms with E-state index in [1.165, 1.54) is 19.9 Å². The highest BCUT2D eigenvalue weighted by Gasteiger charge is 2.84. The van der Waals surface area contributed by atoms with E-state index >= 15 is 0 Å². The second kappa shape index (κ2) is 7.23. The Bertz CT molecular complexity index is 611. The van der Waals surface area contributed by atoms with E-state index in [9.17, 15) is 39.5 Å². The maximum atomic E-state index is 13.0. The van der Waals surface area contributed by atoms with Gasteiger partial charge in [-0.15, -0.1) is 0 Å². The number of aliphatic imine (C=N–C) groups is 1. The van der Waals surface area contributed by atoms with Gasteiger partial charge in [0.2, 0.25) is 0 Å². The van der Waals surface area contributed by atoms with Gasteiger partial charge in [0.15, 0.2) is 5.90 Å². The molecule has 0 radical (unpaired) electrons. The minimum Gasteiger partial charge on any atom is -0.481 e. The summed E-state index contributed by atoms with van der Waals surface area (Å²) >= 11 is 0. The standard InChI is InChI=1S/C14H13F9N2O/c1-3-26-8(2)24-9-6-4-5-7-10(9)25-11(12(15,16)17,13(18,19)20)14(21,22)23/h4-7,25H,3H2,1-2H3. The van der Waals surface area contributed by atoms with E-state index in [0.29, 0.717) is 11.4 Å². The number of hydrogen-bond donors (Lipinski definition) is 1. The highest BCUT2D eigenvalue weighted by molar-refractivity contribution is 5.80. The Labute approximate surface area is 141 Å². The molecule has 1 rings (SSSR count). The molecule has 26 heavy (non-hydrogen) atoms. The number of alkyl halides is 9. The fraction of sp³-hybridized carbons (Fsp3) is 0.500. The highest BCUT2D eigenvalue weighted by Crippen LogP contribution is 2.54. The van der Waals surface area contributed by atoms with Gasteiger partial charge in [0.05, 0.1) is 18.0 Å². The summed E-state index contributed by atoms with van der Waals surface area (Å²) in [5.41, 5.74) is -7.86. The average molecular weight is 396 g/mol. The number of nitrogens with one attached hydrogen (secondary N) is 1. The van der Waals surface area contributed by atoms with Crippen LogP contribution < -0.4 is 5.32 Å². The van der Waals surface area contributed by atoms with Crippen LogP contribution in [0.4, 0.5) is 50.9 Å². The normalized spacial score (nSPS) is 14.3. The molecule has 3 nitrogen and oxygen atoms in total. The van der Waals surface area contributed by atoms with Crippen molar-refractivity contribution >= 4 is 17.3 Å². The van der Waals surface area contributed by atoms with Crippen molar-refractivity contribution in [1.82, 2.24) is 0 Å². The third-order valence-corrected chi connectivity index (χ3v) is 3.13. The van der Waals surface area contributed by atoms with Crippen molar-refractivity contribution in [2.45, 2.75) is 37.9 Å². The van der Waals surface area contributed by atoms with Crippen molar-refractivity contribution in [1.29, 1.82) is 0 Å². The van der Waals surface area contributed by atoms with Gasteiger partial charge in [0.25, 0.3) is 0 Å². The number of nitrogens with zero attached hydrogens (tertiary/aromatic N) is 1. The molecule has 1 N–H and O–H groups in total. The van der Waals surface area contributed by atoms with Gasteiger partial charge in [-0.25, -0.2) is 4.99 Å². The molecule has 0 spiro atoms. The van der Waals surface area contributed by atoms with E-state index in [1.54, 1.807) is 0 Å². The van der Waals surface area contributed by atoms with E-state index in [0.717, 1.165) is 12.1 Å². The van der Waals surface area contributed by atoms with E-state index in [4.69, 9.17) is 4.74 Å². The van der Waals surface area contributed by atoms with Crippen LogP contribution in [0.1, 0.15) is 13.8 Å². The lowest BCUT2D eigenvalue weighted by Crippen LogP contribution is -2.70. The molecule has 1 aromatic rings. The third kappa shape index (κ3) is 4.15. The van der Waals surface area contributed by atoms with E-state index < -0.39 is 35.4 Å². The molecule has 0 aliphatic carbocycles. The molecule has 12 heteroatoms. The first-order chi connectivity index (χ1) is 11.7. The van der Waals surface area contributed by atoms with Crippen LogP contribution in [0.25, 0.3) is 0 Å². The molecular weight excluding hydrogens is 383 g/mol. The largest absolute Gasteiger partial charge is 0.481 e. The summed E-state index contributed by atoms with van der Waals surface area (Å²) in [6, 6.07) is 3.71. The first-order valence-electron chi connectivity index (χ1n) is 6.93. The van der Waals surface area contributed by atoms with Gasteiger partial charge in [-0.1, -0.05) is 12.1 Å². The Morgan fingerprint density at radius 3 is 1.81 bits per heavy atom. The molecule has 148 valence electrons. The van der Waals surface area contributed by atoms with Crippen molar-refractivity contribution in [3.63, 3.8) is 0 Å². The molecule has 0 saturated heterocycles. The van der Waals surface area contributed by atoms with E-state index in [-0.39, 0.29) is 12.5 Å². The summed E-state index contributed by atoms with van der Waals surface area (Å²) in [4.78, 5) is 3.61. The molecule has 0 aliphatic heterocycles. The smallest absolute Gasteiger partial charge is 0.429 e. The molecule has 0 saturated carbocycles. The van der Waals surface area contributed by atoms with Gasteiger partial charge in [0, 0.05) is 6.92 Å². The second-order valence-electron chi connectivity index (χ2n) is 4.95. The molecule has 0 unspecified atom stereocenters. The Kier molecular flexibility index (Phi) is 6.09. The van der Waals surface area contributed by atoms with Gasteiger partial charge in [-0.05, 0) is 19.1 Å². The summed E-state index contributed by atoms with van der Waals surface area (Å²) in [6.45, 7) is 2.86. The maximum Gasteiger partial charge on any atom is 0.429 e. The summed E-state index contributed by atoms with van der Waals surface area (Å²) in [7, 11) is 0. The Balaban J connectivity index is 3.60. The highest BCUT2D eigenvalue weighted by atomic mass is 19.4. The molecule has 0 amide bonds. The average Bonchev–Trinajstić information content (AvgIpc) is 2.42. The summed E-state index contributed by atoms with van der Waals surface area (Å²) < 4.78 is 122. The number of benzene rings is 1. The molecule has 1 aromatic carbocycles. The fourth-order valence-corrected chi connectivity index (χ4v) is 1.98. The lowest BCUT2D eigenvalue weighted by molar-refractivity contribution is -0.370. The number of anilines is 1. The number of para-hydroxylation sites is 2. The minimum atomic E-state index is -6.73. The quantitative estimate of drug-likeness (QED) is 0.408. The third-order valence-electron chi connectivity index (χ3n) is 3.13. The number of halogens is 9. The SMILES string of the molecule is CCOC(C)=Nc1ccccc1NC(C(F)(F)F)(C(F)(F)F)C(F)(F)F. The Morgan fingerprint density at radius 1 is 0.923 bits per heavy atom. The van der Waals surface area contributed by atoms with E-state index in [2.05, 4.69) is 4.99 Å². The number of rotatable bonds is 4. The van der Waals surface area contributed by atoms with Gasteiger partial charge in [0.1, 0.15) is 0 Å². The van der Waals surface area contributed by atoms with Gasteiger partial charge < -0.3 is 10.1 Å². The van der Waals surface area contributed by atoms with Crippen LogP contribution in [0, 0.1) is 0 Å². The van der Waals surface area contributed by atoms with E-state index in [1.807, 2.05) is 0 Å². The van der Waals surface area contributed by atoms with Crippen LogP contribution in [0.15, 0.2) is 29.3 Å². The Morgan fingerprint density at radius 2 is 1.38 bits per heavy atom. The van der Waals surface area contributed by atoms with Crippen LogP contribution in [-0.4, -0.2) is 36.6 Å². The van der Waals surface area contributed by atoms with Crippen molar-refractivity contribution < 1.29 is 44.3 Å². The fourth-order valence-electron chi connectivity index (χ4n) is 1.98. The second-order valence-corrected chi connectivity index (χ2v) is 4.95.